The summed E-state index contributed by atoms with van der Waals surface area (Å²) in [5.41, 5.74) is 0.810. The molecule has 1 rings (SSSR count). The van der Waals surface area contributed by atoms with Gasteiger partial charge in [0.2, 0.25) is 10.0 Å². The molecular weight excluding hydrogens is 226 g/mol. The van der Waals surface area contributed by atoms with Gasteiger partial charge in [0.1, 0.15) is 0 Å². The summed E-state index contributed by atoms with van der Waals surface area (Å²) in [6, 6.07) is 8.65. The maximum absolute atomic E-state index is 11.5. The minimum Gasteiger partial charge on any atom is -0.395 e. The molecule has 16 heavy (non-hydrogen) atoms. The number of benzene rings is 1. The molecule has 0 saturated heterocycles. The standard InChI is InChI=1S/C11H15NO3S/c1-10(9-13)12-16(14,15)8-7-11-5-3-2-4-6-11/h2-8,10,12-13H,9H2,1H3/t10-/m1/s1. The average Bonchev–Trinajstić information content (AvgIpc) is 2.27. The highest BCUT2D eigenvalue weighted by molar-refractivity contribution is 7.92. The van der Waals surface area contributed by atoms with Crippen LogP contribution >= 0.6 is 0 Å². The minimum atomic E-state index is -3.48. The monoisotopic (exact) mass is 241 g/mol. The van der Waals surface area contributed by atoms with Gasteiger partial charge in [0.05, 0.1) is 6.61 Å². The van der Waals surface area contributed by atoms with E-state index in [9.17, 15) is 8.42 Å². The molecule has 1 aromatic carbocycles. The van der Waals surface area contributed by atoms with Crippen molar-refractivity contribution in [3.63, 3.8) is 0 Å². The molecule has 0 fully saturated rings. The van der Waals surface area contributed by atoms with Crippen LogP contribution in [0.15, 0.2) is 35.7 Å². The molecule has 0 radical (unpaired) electrons. The summed E-state index contributed by atoms with van der Waals surface area (Å²) in [6.45, 7) is 1.37. The quantitative estimate of drug-likeness (QED) is 0.807. The summed E-state index contributed by atoms with van der Waals surface area (Å²) < 4.78 is 25.2. The number of rotatable bonds is 5. The molecule has 0 amide bonds. The van der Waals surface area contributed by atoms with Gasteiger partial charge < -0.3 is 5.11 Å². The lowest BCUT2D eigenvalue weighted by molar-refractivity contribution is 0.265. The van der Waals surface area contributed by atoms with E-state index < -0.39 is 16.1 Å². The molecule has 1 aromatic rings. The van der Waals surface area contributed by atoms with Crippen molar-refractivity contribution in [1.82, 2.24) is 4.72 Å². The Labute approximate surface area is 95.7 Å². The van der Waals surface area contributed by atoms with Gasteiger partial charge in [-0.2, -0.15) is 0 Å². The molecule has 2 N–H and O–H groups in total. The Morgan fingerprint density at radius 3 is 2.56 bits per heavy atom. The van der Waals surface area contributed by atoms with Crippen molar-refractivity contribution >= 4 is 16.1 Å². The third-order valence-corrected chi connectivity index (χ3v) is 3.10. The molecule has 0 aliphatic rings. The predicted molar refractivity (Wildman–Crippen MR) is 64.1 cm³/mol. The van der Waals surface area contributed by atoms with Gasteiger partial charge in [0.15, 0.2) is 0 Å². The first-order valence-electron chi connectivity index (χ1n) is 4.90. The molecule has 0 bridgehead atoms. The summed E-state index contributed by atoms with van der Waals surface area (Å²) in [6.07, 6.45) is 1.51. The van der Waals surface area contributed by atoms with Crippen LogP contribution in [0.3, 0.4) is 0 Å². The Hall–Kier alpha value is -1.17. The highest BCUT2D eigenvalue weighted by Crippen LogP contribution is 2.02. The Morgan fingerprint density at radius 1 is 1.38 bits per heavy atom. The Morgan fingerprint density at radius 2 is 2.00 bits per heavy atom. The van der Waals surface area contributed by atoms with Crippen molar-refractivity contribution in [1.29, 1.82) is 0 Å². The fraction of sp³-hybridized carbons (Fsp3) is 0.273. The van der Waals surface area contributed by atoms with Gasteiger partial charge in [-0.25, -0.2) is 13.1 Å². The maximum Gasteiger partial charge on any atom is 0.234 e. The van der Waals surface area contributed by atoms with Gasteiger partial charge in [-0.05, 0) is 18.6 Å². The van der Waals surface area contributed by atoms with Crippen LogP contribution in [0, 0.1) is 0 Å². The second-order valence-corrected chi connectivity index (χ2v) is 5.06. The van der Waals surface area contributed by atoms with Crippen LogP contribution in [0.25, 0.3) is 6.08 Å². The fourth-order valence-electron chi connectivity index (χ4n) is 1.09. The van der Waals surface area contributed by atoms with E-state index in [1.54, 1.807) is 6.92 Å². The topological polar surface area (TPSA) is 66.4 Å². The summed E-state index contributed by atoms with van der Waals surface area (Å²) in [7, 11) is -3.48. The fourth-order valence-corrected chi connectivity index (χ4v) is 2.14. The minimum absolute atomic E-state index is 0.224. The molecule has 4 nitrogen and oxygen atoms in total. The van der Waals surface area contributed by atoms with Crippen LogP contribution in [-0.4, -0.2) is 26.2 Å². The van der Waals surface area contributed by atoms with Crippen molar-refractivity contribution in [2.75, 3.05) is 6.61 Å². The highest BCUT2D eigenvalue weighted by Gasteiger charge is 2.09. The number of aliphatic hydroxyl groups excluding tert-OH is 1. The number of nitrogens with one attached hydrogen (secondary N) is 1. The van der Waals surface area contributed by atoms with Crippen LogP contribution in [0.4, 0.5) is 0 Å². The Kier molecular flexibility index (Phi) is 4.67. The first-order valence-corrected chi connectivity index (χ1v) is 6.44. The zero-order chi connectivity index (χ0) is 12.0. The second-order valence-electron chi connectivity index (χ2n) is 3.46. The molecular formula is C11H15NO3S. The van der Waals surface area contributed by atoms with Gasteiger partial charge in [-0.3, -0.25) is 0 Å². The van der Waals surface area contributed by atoms with E-state index in [-0.39, 0.29) is 6.61 Å². The van der Waals surface area contributed by atoms with E-state index >= 15 is 0 Å². The summed E-state index contributed by atoms with van der Waals surface area (Å²) in [4.78, 5) is 0. The van der Waals surface area contributed by atoms with E-state index in [4.69, 9.17) is 5.11 Å². The smallest absolute Gasteiger partial charge is 0.234 e. The van der Waals surface area contributed by atoms with E-state index in [1.165, 1.54) is 6.08 Å². The normalized spacial score (nSPS) is 14.1. The summed E-state index contributed by atoms with van der Waals surface area (Å²) in [5.74, 6) is 0. The Bertz CT molecular complexity index is 440. The lowest BCUT2D eigenvalue weighted by Crippen LogP contribution is -2.33. The first-order chi connectivity index (χ1) is 7.53. The molecule has 0 saturated carbocycles. The molecule has 5 heteroatoms. The first kappa shape index (κ1) is 12.9. The van der Waals surface area contributed by atoms with Crippen LogP contribution in [0.2, 0.25) is 0 Å². The lowest BCUT2D eigenvalue weighted by Gasteiger charge is -2.07. The van der Waals surface area contributed by atoms with Gasteiger partial charge in [-0.15, -0.1) is 0 Å². The number of aliphatic hydroxyl groups is 1. The molecule has 1 atom stereocenters. The molecule has 0 aliphatic carbocycles. The van der Waals surface area contributed by atoms with Crippen LogP contribution < -0.4 is 4.72 Å². The van der Waals surface area contributed by atoms with E-state index in [0.29, 0.717) is 0 Å². The third kappa shape index (κ3) is 4.57. The average molecular weight is 241 g/mol. The summed E-state index contributed by atoms with van der Waals surface area (Å²) >= 11 is 0. The zero-order valence-corrected chi connectivity index (χ0v) is 9.81. The van der Waals surface area contributed by atoms with E-state index in [0.717, 1.165) is 11.0 Å². The van der Waals surface area contributed by atoms with Crippen molar-refractivity contribution in [3.05, 3.63) is 41.3 Å². The molecule has 0 aliphatic heterocycles. The molecule has 88 valence electrons. The van der Waals surface area contributed by atoms with Crippen molar-refractivity contribution in [2.24, 2.45) is 0 Å². The van der Waals surface area contributed by atoms with Gasteiger partial charge >= 0.3 is 0 Å². The van der Waals surface area contributed by atoms with Crippen molar-refractivity contribution in [3.8, 4) is 0 Å². The van der Waals surface area contributed by atoms with Crippen LogP contribution in [0.1, 0.15) is 12.5 Å². The molecule has 0 heterocycles. The number of hydrogen-bond acceptors (Lipinski definition) is 3. The molecule has 0 unspecified atom stereocenters. The predicted octanol–water partition coefficient (Wildman–Crippen LogP) is 0.958. The summed E-state index contributed by atoms with van der Waals surface area (Å²) in [5, 5.41) is 9.82. The van der Waals surface area contributed by atoms with Crippen LogP contribution in [0.5, 0.6) is 0 Å². The van der Waals surface area contributed by atoms with Crippen molar-refractivity contribution in [2.45, 2.75) is 13.0 Å². The van der Waals surface area contributed by atoms with E-state index in [2.05, 4.69) is 4.72 Å². The number of hydrogen-bond donors (Lipinski definition) is 2. The van der Waals surface area contributed by atoms with Gasteiger partial charge in [0, 0.05) is 11.4 Å². The zero-order valence-electron chi connectivity index (χ0n) is 9.00. The largest absolute Gasteiger partial charge is 0.395 e. The molecule has 0 spiro atoms. The Balaban J connectivity index is 2.70. The SMILES string of the molecule is C[C@H](CO)NS(=O)(=O)C=Cc1ccccc1. The highest BCUT2D eigenvalue weighted by atomic mass is 32.2. The van der Waals surface area contributed by atoms with Crippen molar-refractivity contribution < 1.29 is 13.5 Å². The van der Waals surface area contributed by atoms with E-state index in [1.807, 2.05) is 30.3 Å². The molecule has 0 aromatic heterocycles. The van der Waals surface area contributed by atoms with Gasteiger partial charge in [-0.1, -0.05) is 30.3 Å². The maximum atomic E-state index is 11.5. The second kappa shape index (κ2) is 5.79. The third-order valence-electron chi connectivity index (χ3n) is 1.88. The van der Waals surface area contributed by atoms with Gasteiger partial charge in [0.25, 0.3) is 0 Å². The van der Waals surface area contributed by atoms with Crippen LogP contribution in [-0.2, 0) is 10.0 Å². The lowest BCUT2D eigenvalue weighted by atomic mass is 10.2. The number of sulfonamides is 1.